The number of rotatable bonds is 5. The lowest BCUT2D eigenvalue weighted by Gasteiger charge is -2.07. The fraction of sp³-hybridized carbons (Fsp3) is 0.133. The van der Waals surface area contributed by atoms with E-state index in [0.717, 1.165) is 11.8 Å². The van der Waals surface area contributed by atoms with Gasteiger partial charge in [0.15, 0.2) is 0 Å². The maximum Gasteiger partial charge on any atom is 0.288 e. The molecule has 0 aliphatic heterocycles. The van der Waals surface area contributed by atoms with Crippen molar-refractivity contribution in [3.8, 4) is 0 Å². The number of nitro groups is 1. The topological polar surface area (TPSA) is 128 Å². The van der Waals surface area contributed by atoms with Gasteiger partial charge in [-0.2, -0.15) is 0 Å². The molecule has 8 nitrogen and oxygen atoms in total. The van der Waals surface area contributed by atoms with Crippen molar-refractivity contribution in [2.75, 3.05) is 0 Å². The van der Waals surface area contributed by atoms with Crippen LogP contribution in [0.2, 0.25) is 0 Å². The molecule has 118 valence electrons. The lowest BCUT2D eigenvalue weighted by Crippen LogP contribution is -2.24. The Morgan fingerprint density at radius 2 is 1.96 bits per heavy atom. The van der Waals surface area contributed by atoms with Gasteiger partial charge in [0.05, 0.1) is 16.2 Å². The quantitative estimate of drug-likeness (QED) is 0.635. The number of carbonyl (C=O) groups excluding carboxylic acids is 2. The molecule has 0 aliphatic rings. The van der Waals surface area contributed by atoms with Gasteiger partial charge in [-0.3, -0.25) is 24.7 Å². The molecule has 1 aromatic heterocycles. The van der Waals surface area contributed by atoms with Gasteiger partial charge in [-0.05, 0) is 24.6 Å². The summed E-state index contributed by atoms with van der Waals surface area (Å²) in [6, 6.07) is 7.64. The maximum atomic E-state index is 12.1. The van der Waals surface area contributed by atoms with Crippen LogP contribution in [0.25, 0.3) is 0 Å². The van der Waals surface area contributed by atoms with Crippen molar-refractivity contribution in [2.45, 2.75) is 13.5 Å². The van der Waals surface area contributed by atoms with Crippen molar-refractivity contribution in [1.29, 1.82) is 0 Å². The van der Waals surface area contributed by atoms with Crippen LogP contribution >= 0.6 is 0 Å². The van der Waals surface area contributed by atoms with Crippen LogP contribution in [0, 0.1) is 17.0 Å². The van der Waals surface area contributed by atoms with E-state index in [9.17, 15) is 19.7 Å². The third-order valence-corrected chi connectivity index (χ3v) is 3.22. The zero-order valence-electron chi connectivity index (χ0n) is 12.3. The van der Waals surface area contributed by atoms with Gasteiger partial charge >= 0.3 is 0 Å². The highest BCUT2D eigenvalue weighted by Crippen LogP contribution is 2.14. The minimum absolute atomic E-state index is 0.146. The van der Waals surface area contributed by atoms with Crippen LogP contribution in [-0.2, 0) is 6.54 Å². The van der Waals surface area contributed by atoms with Gasteiger partial charge in [0, 0.05) is 18.2 Å². The molecule has 1 heterocycles. The Bertz CT molecular complexity index is 772. The normalized spacial score (nSPS) is 10.1. The molecule has 0 radical (unpaired) electrons. The van der Waals surface area contributed by atoms with Crippen LogP contribution < -0.4 is 11.1 Å². The van der Waals surface area contributed by atoms with Crippen molar-refractivity contribution in [3.63, 3.8) is 0 Å². The molecule has 0 bridgehead atoms. The highest BCUT2D eigenvalue weighted by molar-refractivity contribution is 5.95. The predicted molar refractivity (Wildman–Crippen MR) is 81.8 cm³/mol. The average molecular weight is 314 g/mol. The van der Waals surface area contributed by atoms with Crippen LogP contribution in [0.3, 0.4) is 0 Å². The summed E-state index contributed by atoms with van der Waals surface area (Å²) in [5, 5.41) is 13.4. The van der Waals surface area contributed by atoms with E-state index in [4.69, 9.17) is 5.73 Å². The van der Waals surface area contributed by atoms with E-state index in [1.165, 1.54) is 6.07 Å². The van der Waals surface area contributed by atoms with Gasteiger partial charge in [-0.25, -0.2) is 0 Å². The number of hydrogen-bond donors (Lipinski definition) is 2. The Labute approximate surface area is 131 Å². The smallest absolute Gasteiger partial charge is 0.288 e. The summed E-state index contributed by atoms with van der Waals surface area (Å²) in [4.78, 5) is 37.1. The van der Waals surface area contributed by atoms with E-state index in [2.05, 4.69) is 10.3 Å². The molecular weight excluding hydrogens is 300 g/mol. The molecule has 0 fully saturated rings. The third-order valence-electron chi connectivity index (χ3n) is 3.22. The molecular formula is C15H14N4O4. The minimum atomic E-state index is -0.605. The van der Waals surface area contributed by atoms with Crippen molar-refractivity contribution in [3.05, 3.63) is 69.0 Å². The summed E-state index contributed by atoms with van der Waals surface area (Å²) in [5.74, 6) is -0.989. The zero-order valence-corrected chi connectivity index (χ0v) is 12.3. The van der Waals surface area contributed by atoms with E-state index >= 15 is 0 Å². The van der Waals surface area contributed by atoms with Crippen molar-refractivity contribution < 1.29 is 14.5 Å². The minimum Gasteiger partial charge on any atom is -0.366 e. The molecule has 2 rings (SSSR count). The van der Waals surface area contributed by atoms with Crippen molar-refractivity contribution >= 4 is 17.5 Å². The summed E-state index contributed by atoms with van der Waals surface area (Å²) < 4.78 is 0. The molecule has 23 heavy (non-hydrogen) atoms. The number of hydrogen-bond acceptors (Lipinski definition) is 5. The monoisotopic (exact) mass is 314 g/mol. The third kappa shape index (κ3) is 3.88. The Hall–Kier alpha value is -3.29. The Balaban J connectivity index is 2.09. The Morgan fingerprint density at radius 1 is 1.30 bits per heavy atom. The fourth-order valence-electron chi connectivity index (χ4n) is 1.92. The second kappa shape index (κ2) is 6.65. The zero-order chi connectivity index (χ0) is 17.0. The van der Waals surface area contributed by atoms with Crippen LogP contribution in [0.5, 0.6) is 0 Å². The summed E-state index contributed by atoms with van der Waals surface area (Å²) >= 11 is 0. The van der Waals surface area contributed by atoms with Gasteiger partial charge in [-0.1, -0.05) is 12.1 Å². The van der Waals surface area contributed by atoms with E-state index in [1.54, 1.807) is 31.2 Å². The Morgan fingerprint density at radius 3 is 2.52 bits per heavy atom. The number of primary amides is 1. The van der Waals surface area contributed by atoms with E-state index in [-0.39, 0.29) is 17.8 Å². The number of amides is 2. The summed E-state index contributed by atoms with van der Waals surface area (Å²) in [6.07, 6.45) is 1.11. The number of nitrogens with two attached hydrogens (primary N) is 1. The number of nitrogens with zero attached hydrogens (tertiary/aromatic N) is 2. The lowest BCUT2D eigenvalue weighted by molar-refractivity contribution is -0.385. The van der Waals surface area contributed by atoms with E-state index < -0.39 is 16.7 Å². The molecule has 2 amide bonds. The first kappa shape index (κ1) is 16.1. The number of carbonyl (C=O) groups is 2. The molecule has 8 heteroatoms. The molecule has 0 atom stereocenters. The number of benzene rings is 1. The molecule has 2 aromatic rings. The van der Waals surface area contributed by atoms with Crippen molar-refractivity contribution in [1.82, 2.24) is 10.3 Å². The lowest BCUT2D eigenvalue weighted by atomic mass is 10.1. The predicted octanol–water partition coefficient (Wildman–Crippen LogP) is 1.33. The molecule has 3 N–H and O–H groups in total. The molecule has 0 spiro atoms. The Kier molecular flexibility index (Phi) is 4.65. The number of nitrogens with one attached hydrogen (secondary N) is 1. The first-order valence-corrected chi connectivity index (χ1v) is 6.66. The van der Waals surface area contributed by atoms with Gasteiger partial charge in [0.2, 0.25) is 5.91 Å². The van der Waals surface area contributed by atoms with Crippen LogP contribution in [-0.4, -0.2) is 21.7 Å². The second-order valence-corrected chi connectivity index (χ2v) is 4.83. The van der Waals surface area contributed by atoms with Crippen LogP contribution in [0.15, 0.2) is 36.5 Å². The average Bonchev–Trinajstić information content (AvgIpc) is 2.53. The largest absolute Gasteiger partial charge is 0.366 e. The van der Waals surface area contributed by atoms with E-state index in [0.29, 0.717) is 11.3 Å². The van der Waals surface area contributed by atoms with Crippen LogP contribution in [0.1, 0.15) is 32.0 Å². The van der Waals surface area contributed by atoms with Gasteiger partial charge in [0.1, 0.15) is 6.20 Å². The van der Waals surface area contributed by atoms with E-state index in [1.807, 2.05) is 0 Å². The highest BCUT2D eigenvalue weighted by Gasteiger charge is 2.15. The SMILES string of the molecule is Cc1ncc([N+](=O)[O-])cc1C(=O)NCc1ccc(C(N)=O)cc1. The standard InChI is InChI=1S/C15H14N4O4/c1-9-13(6-12(8-17-9)19(22)23)15(21)18-7-10-2-4-11(5-3-10)14(16)20/h2-6,8H,7H2,1H3,(H2,16,20)(H,18,21). The summed E-state index contributed by atoms with van der Waals surface area (Å²) in [5.41, 5.74) is 6.59. The number of pyridine rings is 1. The number of aromatic nitrogens is 1. The van der Waals surface area contributed by atoms with Crippen LogP contribution in [0.4, 0.5) is 5.69 Å². The second-order valence-electron chi connectivity index (χ2n) is 4.83. The first-order chi connectivity index (χ1) is 10.9. The highest BCUT2D eigenvalue weighted by atomic mass is 16.6. The first-order valence-electron chi connectivity index (χ1n) is 6.66. The molecule has 1 aromatic carbocycles. The fourth-order valence-corrected chi connectivity index (χ4v) is 1.92. The molecule has 0 saturated carbocycles. The van der Waals surface area contributed by atoms with Gasteiger partial charge in [-0.15, -0.1) is 0 Å². The molecule has 0 saturated heterocycles. The summed E-state index contributed by atoms with van der Waals surface area (Å²) in [7, 11) is 0. The maximum absolute atomic E-state index is 12.1. The molecule has 0 unspecified atom stereocenters. The van der Waals surface area contributed by atoms with Gasteiger partial charge < -0.3 is 11.1 Å². The van der Waals surface area contributed by atoms with Gasteiger partial charge in [0.25, 0.3) is 11.6 Å². The molecule has 0 aliphatic carbocycles. The van der Waals surface area contributed by atoms with Crippen molar-refractivity contribution in [2.24, 2.45) is 5.73 Å². The number of aryl methyl sites for hydroxylation is 1. The summed E-state index contributed by atoms with van der Waals surface area (Å²) in [6.45, 7) is 1.81.